The van der Waals surface area contributed by atoms with E-state index in [0.29, 0.717) is 13.2 Å². The van der Waals surface area contributed by atoms with E-state index in [0.717, 1.165) is 38.4 Å². The minimum absolute atomic E-state index is 0.135. The highest BCUT2D eigenvalue weighted by atomic mass is 16.5. The fraction of sp³-hybridized carbons (Fsp3) is 0.909. The average molecular weight is 198 g/mol. The van der Waals surface area contributed by atoms with Gasteiger partial charge in [-0.1, -0.05) is 12.8 Å². The molecule has 80 valence electrons. The number of aliphatic hydroxyl groups excluding tert-OH is 1. The summed E-state index contributed by atoms with van der Waals surface area (Å²) in [7, 11) is 0. The number of ether oxygens (including phenoxy) is 1. The Morgan fingerprint density at radius 2 is 2.14 bits per heavy atom. The Balaban J connectivity index is 2.12. The van der Waals surface area contributed by atoms with Crippen molar-refractivity contribution >= 4 is 6.29 Å². The van der Waals surface area contributed by atoms with E-state index < -0.39 is 0 Å². The summed E-state index contributed by atoms with van der Waals surface area (Å²) in [5.74, 6) is 0.135. The summed E-state index contributed by atoms with van der Waals surface area (Å²) in [6.45, 7) is 1.18. The smallest absolute Gasteiger partial charge is 0.128 e. The summed E-state index contributed by atoms with van der Waals surface area (Å²) in [6.07, 6.45) is 5.57. The predicted octanol–water partition coefficient (Wildman–Crippen LogP) is 1.14. The van der Waals surface area contributed by atoms with Crippen LogP contribution in [0.4, 0.5) is 0 Å². The highest BCUT2D eigenvalue weighted by Gasteiger charge is 2.45. The third-order valence-corrected chi connectivity index (χ3v) is 3.79. The molecule has 3 atom stereocenters. The molecule has 3 unspecified atom stereocenters. The topological polar surface area (TPSA) is 46.5 Å². The van der Waals surface area contributed by atoms with Crippen molar-refractivity contribution in [2.75, 3.05) is 13.2 Å². The average Bonchev–Trinajstić information content (AvgIpc) is 2.68. The Hall–Kier alpha value is -0.410. The van der Waals surface area contributed by atoms with E-state index in [4.69, 9.17) is 4.74 Å². The van der Waals surface area contributed by atoms with Crippen LogP contribution < -0.4 is 0 Å². The molecule has 2 fully saturated rings. The summed E-state index contributed by atoms with van der Waals surface area (Å²) in [4.78, 5) is 11.2. The Labute approximate surface area is 84.4 Å². The van der Waals surface area contributed by atoms with Crippen molar-refractivity contribution in [3.05, 3.63) is 0 Å². The SMILES string of the molecule is O=CC1(C2CCCCC2O)CCOC1. The minimum atomic E-state index is -0.375. The Kier molecular flexibility index (Phi) is 2.88. The van der Waals surface area contributed by atoms with Crippen molar-refractivity contribution in [2.45, 2.75) is 38.2 Å². The van der Waals surface area contributed by atoms with Gasteiger partial charge in [-0.3, -0.25) is 0 Å². The maximum Gasteiger partial charge on any atom is 0.128 e. The standard InChI is InChI=1S/C11H18O3/c12-7-11(5-6-14-8-11)9-3-1-2-4-10(9)13/h7,9-10,13H,1-6,8H2. The zero-order valence-electron chi connectivity index (χ0n) is 8.45. The van der Waals surface area contributed by atoms with Gasteiger partial charge in [0.2, 0.25) is 0 Å². The van der Waals surface area contributed by atoms with Crippen LogP contribution in [0.2, 0.25) is 0 Å². The maximum atomic E-state index is 11.2. The molecule has 0 radical (unpaired) electrons. The summed E-state index contributed by atoms with van der Waals surface area (Å²) in [5.41, 5.74) is -0.375. The van der Waals surface area contributed by atoms with Gasteiger partial charge < -0.3 is 14.6 Å². The number of aldehydes is 1. The second-order valence-corrected chi connectivity index (χ2v) is 4.61. The van der Waals surface area contributed by atoms with Gasteiger partial charge in [-0.25, -0.2) is 0 Å². The van der Waals surface area contributed by atoms with Crippen LogP contribution in [0.25, 0.3) is 0 Å². The van der Waals surface area contributed by atoms with Crippen molar-refractivity contribution in [3.8, 4) is 0 Å². The molecule has 0 aromatic rings. The third-order valence-electron chi connectivity index (χ3n) is 3.79. The van der Waals surface area contributed by atoms with E-state index >= 15 is 0 Å². The predicted molar refractivity (Wildman–Crippen MR) is 51.9 cm³/mol. The van der Waals surface area contributed by atoms with Gasteiger partial charge in [0, 0.05) is 6.61 Å². The zero-order valence-corrected chi connectivity index (χ0v) is 8.45. The molecular formula is C11H18O3. The molecule has 0 bridgehead atoms. The molecule has 1 aliphatic carbocycles. The number of carbonyl (C=O) groups excluding carboxylic acids is 1. The lowest BCUT2D eigenvalue weighted by Crippen LogP contribution is -2.42. The summed E-state index contributed by atoms with van der Waals surface area (Å²) in [6, 6.07) is 0. The quantitative estimate of drug-likeness (QED) is 0.677. The van der Waals surface area contributed by atoms with Crippen LogP contribution in [0.15, 0.2) is 0 Å². The lowest BCUT2D eigenvalue weighted by atomic mass is 9.68. The number of aliphatic hydroxyl groups is 1. The minimum Gasteiger partial charge on any atom is -0.393 e. The second kappa shape index (κ2) is 3.99. The van der Waals surface area contributed by atoms with E-state index in [1.165, 1.54) is 0 Å². The Bertz CT molecular complexity index is 209. The van der Waals surface area contributed by atoms with Gasteiger partial charge in [-0.15, -0.1) is 0 Å². The van der Waals surface area contributed by atoms with E-state index in [9.17, 15) is 9.90 Å². The molecule has 0 aromatic heterocycles. The van der Waals surface area contributed by atoms with E-state index in [1.54, 1.807) is 0 Å². The third kappa shape index (κ3) is 1.59. The molecule has 14 heavy (non-hydrogen) atoms. The first-order chi connectivity index (χ1) is 6.78. The van der Waals surface area contributed by atoms with E-state index in [2.05, 4.69) is 0 Å². The number of hydrogen-bond donors (Lipinski definition) is 1. The summed E-state index contributed by atoms with van der Waals surface area (Å²) < 4.78 is 5.31. The molecule has 3 heteroatoms. The lowest BCUT2D eigenvalue weighted by Gasteiger charge is -2.37. The molecule has 3 nitrogen and oxygen atoms in total. The highest BCUT2D eigenvalue weighted by Crippen LogP contribution is 2.42. The molecule has 1 saturated carbocycles. The van der Waals surface area contributed by atoms with Crippen LogP contribution in [-0.2, 0) is 9.53 Å². The molecule has 2 aliphatic rings. The zero-order chi connectivity index (χ0) is 10.0. The van der Waals surface area contributed by atoms with Gasteiger partial charge in [0.05, 0.1) is 18.1 Å². The number of hydrogen-bond acceptors (Lipinski definition) is 3. The largest absolute Gasteiger partial charge is 0.393 e. The monoisotopic (exact) mass is 198 g/mol. The molecule has 2 rings (SSSR count). The molecule has 0 aromatic carbocycles. The summed E-state index contributed by atoms with van der Waals surface area (Å²) in [5, 5.41) is 9.91. The van der Waals surface area contributed by atoms with Crippen LogP contribution in [0.3, 0.4) is 0 Å². The van der Waals surface area contributed by atoms with Gasteiger partial charge in [0.1, 0.15) is 6.29 Å². The van der Waals surface area contributed by atoms with Gasteiger partial charge in [-0.05, 0) is 25.2 Å². The Morgan fingerprint density at radius 3 is 2.71 bits per heavy atom. The van der Waals surface area contributed by atoms with Crippen molar-refractivity contribution in [2.24, 2.45) is 11.3 Å². The van der Waals surface area contributed by atoms with Gasteiger partial charge in [0.25, 0.3) is 0 Å². The molecule has 1 heterocycles. The highest BCUT2D eigenvalue weighted by molar-refractivity contribution is 5.61. The first-order valence-electron chi connectivity index (χ1n) is 5.51. The fourth-order valence-electron chi connectivity index (χ4n) is 2.85. The normalized spacial score (nSPS) is 43.8. The van der Waals surface area contributed by atoms with Crippen molar-refractivity contribution < 1.29 is 14.6 Å². The molecule has 1 saturated heterocycles. The van der Waals surface area contributed by atoms with E-state index in [-0.39, 0.29) is 17.4 Å². The van der Waals surface area contributed by atoms with Crippen LogP contribution in [0.1, 0.15) is 32.1 Å². The molecule has 0 amide bonds. The fourth-order valence-corrected chi connectivity index (χ4v) is 2.85. The van der Waals surface area contributed by atoms with Crippen LogP contribution in [-0.4, -0.2) is 30.7 Å². The van der Waals surface area contributed by atoms with Gasteiger partial charge in [-0.2, -0.15) is 0 Å². The summed E-state index contributed by atoms with van der Waals surface area (Å²) >= 11 is 0. The van der Waals surface area contributed by atoms with Crippen LogP contribution >= 0.6 is 0 Å². The number of carbonyl (C=O) groups is 1. The lowest BCUT2D eigenvalue weighted by molar-refractivity contribution is -0.124. The molecule has 1 N–H and O–H groups in total. The van der Waals surface area contributed by atoms with Gasteiger partial charge >= 0.3 is 0 Å². The number of rotatable bonds is 2. The van der Waals surface area contributed by atoms with Crippen LogP contribution in [0, 0.1) is 11.3 Å². The van der Waals surface area contributed by atoms with Gasteiger partial charge in [0.15, 0.2) is 0 Å². The van der Waals surface area contributed by atoms with Crippen molar-refractivity contribution in [3.63, 3.8) is 0 Å². The molecular weight excluding hydrogens is 180 g/mol. The van der Waals surface area contributed by atoms with Crippen molar-refractivity contribution in [1.29, 1.82) is 0 Å². The molecule has 1 aliphatic heterocycles. The second-order valence-electron chi connectivity index (χ2n) is 4.61. The maximum absolute atomic E-state index is 11.2. The first kappa shape index (κ1) is 10.1. The molecule has 0 spiro atoms. The Morgan fingerprint density at radius 1 is 1.36 bits per heavy atom. The first-order valence-corrected chi connectivity index (χ1v) is 5.51. The van der Waals surface area contributed by atoms with Crippen molar-refractivity contribution in [1.82, 2.24) is 0 Å². The van der Waals surface area contributed by atoms with E-state index in [1.807, 2.05) is 0 Å². The van der Waals surface area contributed by atoms with Crippen LogP contribution in [0.5, 0.6) is 0 Å².